The highest BCUT2D eigenvalue weighted by molar-refractivity contribution is 6.18. The third-order valence-corrected chi connectivity index (χ3v) is 4.04. The van der Waals surface area contributed by atoms with E-state index in [9.17, 15) is 0 Å². The Morgan fingerprint density at radius 2 is 1.83 bits per heavy atom. The molecule has 1 fully saturated rings. The lowest BCUT2D eigenvalue weighted by atomic mass is 10.0. The minimum absolute atomic E-state index is 0. The van der Waals surface area contributed by atoms with E-state index in [1.165, 1.54) is 32.2 Å². The second-order valence-corrected chi connectivity index (χ2v) is 5.51. The lowest BCUT2D eigenvalue weighted by Crippen LogP contribution is -2.50. The van der Waals surface area contributed by atoms with Crippen molar-refractivity contribution in [3.63, 3.8) is 0 Å². The number of rotatable bonds is 5. The molecule has 2 atom stereocenters. The van der Waals surface area contributed by atoms with Crippen LogP contribution in [0.4, 0.5) is 0 Å². The molecule has 1 heterocycles. The van der Waals surface area contributed by atoms with Gasteiger partial charge in [0.25, 0.3) is 0 Å². The molecule has 2 nitrogen and oxygen atoms in total. The van der Waals surface area contributed by atoms with Crippen molar-refractivity contribution in [3.05, 3.63) is 0 Å². The summed E-state index contributed by atoms with van der Waals surface area (Å²) < 4.78 is 0. The first-order valence-electron chi connectivity index (χ1n) is 6.23. The SMILES string of the molecule is CN(C)C(CCl)C1CCCCCN1CCCl.Cl.Cl. The molecule has 0 amide bonds. The lowest BCUT2D eigenvalue weighted by Gasteiger charge is -2.38. The molecule has 2 unspecified atom stereocenters. The zero-order chi connectivity index (χ0) is 12.0. The molecule has 0 radical (unpaired) electrons. The third kappa shape index (κ3) is 6.49. The summed E-state index contributed by atoms with van der Waals surface area (Å²) in [4.78, 5) is 4.79. The predicted molar refractivity (Wildman–Crippen MR) is 87.2 cm³/mol. The van der Waals surface area contributed by atoms with Gasteiger partial charge in [-0.25, -0.2) is 0 Å². The van der Waals surface area contributed by atoms with Crippen molar-refractivity contribution in [2.45, 2.75) is 37.8 Å². The highest BCUT2D eigenvalue weighted by atomic mass is 35.5. The minimum atomic E-state index is 0. The van der Waals surface area contributed by atoms with Crippen LogP contribution in [-0.2, 0) is 0 Å². The number of alkyl halides is 2. The van der Waals surface area contributed by atoms with Crippen molar-refractivity contribution in [1.29, 1.82) is 0 Å². The summed E-state index contributed by atoms with van der Waals surface area (Å²) in [5.41, 5.74) is 0. The number of hydrogen-bond acceptors (Lipinski definition) is 2. The Balaban J connectivity index is 0. The molecule has 0 aromatic rings. The summed E-state index contributed by atoms with van der Waals surface area (Å²) in [5.74, 6) is 1.43. The maximum Gasteiger partial charge on any atom is 0.0394 e. The molecule has 0 aliphatic carbocycles. The molecule has 1 aliphatic heterocycles. The summed E-state index contributed by atoms with van der Waals surface area (Å²) in [6.07, 6.45) is 5.23. The van der Waals surface area contributed by atoms with E-state index in [-0.39, 0.29) is 24.8 Å². The Morgan fingerprint density at radius 1 is 1.17 bits per heavy atom. The van der Waals surface area contributed by atoms with Crippen LogP contribution in [0.25, 0.3) is 0 Å². The Hall–Kier alpha value is 1.08. The summed E-state index contributed by atoms with van der Waals surface area (Å²) in [6.45, 7) is 2.17. The van der Waals surface area contributed by atoms with Crippen molar-refractivity contribution in [1.82, 2.24) is 9.80 Å². The van der Waals surface area contributed by atoms with Crippen molar-refractivity contribution >= 4 is 48.0 Å². The van der Waals surface area contributed by atoms with E-state index in [1.54, 1.807) is 0 Å². The van der Waals surface area contributed by atoms with Gasteiger partial charge in [0.2, 0.25) is 0 Å². The molecule has 18 heavy (non-hydrogen) atoms. The normalized spacial score (nSPS) is 22.8. The first kappa shape index (κ1) is 21.4. The van der Waals surface area contributed by atoms with E-state index in [2.05, 4.69) is 23.9 Å². The topological polar surface area (TPSA) is 6.48 Å². The zero-order valence-electron chi connectivity index (χ0n) is 11.3. The first-order chi connectivity index (χ1) is 7.70. The number of halogens is 4. The highest BCUT2D eigenvalue weighted by Gasteiger charge is 2.29. The van der Waals surface area contributed by atoms with Crippen LogP contribution in [0.3, 0.4) is 0 Å². The molecule has 1 saturated heterocycles. The molecule has 0 saturated carbocycles. The molecular formula is C12H26Cl4N2. The van der Waals surface area contributed by atoms with Crippen molar-refractivity contribution < 1.29 is 0 Å². The smallest absolute Gasteiger partial charge is 0.0394 e. The Kier molecular flexibility index (Phi) is 14.1. The van der Waals surface area contributed by atoms with E-state index in [0.29, 0.717) is 18.0 Å². The van der Waals surface area contributed by atoms with Gasteiger partial charge in [-0.05, 0) is 33.5 Å². The molecule has 112 valence electrons. The molecule has 0 bridgehead atoms. The fourth-order valence-electron chi connectivity index (χ4n) is 2.60. The number of hydrogen-bond donors (Lipinski definition) is 0. The van der Waals surface area contributed by atoms with Gasteiger partial charge in [-0.1, -0.05) is 12.8 Å². The van der Waals surface area contributed by atoms with E-state index in [1.807, 2.05) is 0 Å². The van der Waals surface area contributed by atoms with Crippen molar-refractivity contribution in [3.8, 4) is 0 Å². The van der Waals surface area contributed by atoms with Crippen LogP contribution in [0, 0.1) is 0 Å². The molecule has 0 spiro atoms. The molecule has 1 rings (SSSR count). The molecule has 0 aromatic heterocycles. The van der Waals surface area contributed by atoms with Crippen LogP contribution in [0.15, 0.2) is 0 Å². The summed E-state index contributed by atoms with van der Waals surface area (Å²) in [7, 11) is 4.24. The van der Waals surface area contributed by atoms with Gasteiger partial charge < -0.3 is 4.90 Å². The molecule has 6 heteroatoms. The molecule has 1 aliphatic rings. The third-order valence-electron chi connectivity index (χ3n) is 3.55. The number of likely N-dealkylation sites (N-methyl/N-ethyl adjacent to an activating group) is 1. The van der Waals surface area contributed by atoms with E-state index in [0.717, 1.165) is 12.4 Å². The summed E-state index contributed by atoms with van der Waals surface area (Å²) in [6, 6.07) is 1.02. The number of likely N-dealkylation sites (tertiary alicyclic amines) is 1. The fraction of sp³-hybridized carbons (Fsp3) is 1.00. The molecule has 0 N–H and O–H groups in total. The van der Waals surface area contributed by atoms with Gasteiger partial charge >= 0.3 is 0 Å². The van der Waals surface area contributed by atoms with Crippen LogP contribution in [0.5, 0.6) is 0 Å². The Morgan fingerprint density at radius 3 is 2.33 bits per heavy atom. The van der Waals surface area contributed by atoms with Crippen molar-refractivity contribution in [2.75, 3.05) is 38.9 Å². The average molecular weight is 340 g/mol. The zero-order valence-corrected chi connectivity index (χ0v) is 14.4. The van der Waals surface area contributed by atoms with E-state index in [4.69, 9.17) is 23.2 Å². The van der Waals surface area contributed by atoms with Gasteiger partial charge in [-0.2, -0.15) is 0 Å². The van der Waals surface area contributed by atoms with Gasteiger partial charge in [0.15, 0.2) is 0 Å². The van der Waals surface area contributed by atoms with Gasteiger partial charge in [-0.15, -0.1) is 48.0 Å². The Labute approximate surface area is 134 Å². The first-order valence-corrected chi connectivity index (χ1v) is 7.30. The monoisotopic (exact) mass is 338 g/mol. The van der Waals surface area contributed by atoms with Crippen LogP contribution in [-0.4, -0.2) is 60.8 Å². The van der Waals surface area contributed by atoms with Crippen molar-refractivity contribution in [2.24, 2.45) is 0 Å². The fourth-order valence-corrected chi connectivity index (χ4v) is 3.30. The summed E-state index contributed by atoms with van der Waals surface area (Å²) in [5, 5.41) is 0. The second kappa shape index (κ2) is 11.9. The van der Waals surface area contributed by atoms with Gasteiger partial charge in [0, 0.05) is 30.4 Å². The minimum Gasteiger partial charge on any atom is -0.304 e. The summed E-state index contributed by atoms with van der Waals surface area (Å²) >= 11 is 12.0. The van der Waals surface area contributed by atoms with Crippen LogP contribution in [0.1, 0.15) is 25.7 Å². The molecular weight excluding hydrogens is 314 g/mol. The highest BCUT2D eigenvalue weighted by Crippen LogP contribution is 2.22. The average Bonchev–Trinajstić information content (AvgIpc) is 2.46. The Bertz CT molecular complexity index is 193. The lowest BCUT2D eigenvalue weighted by molar-refractivity contribution is 0.125. The maximum absolute atomic E-state index is 6.11. The van der Waals surface area contributed by atoms with Gasteiger partial charge in [0.05, 0.1) is 0 Å². The van der Waals surface area contributed by atoms with Gasteiger partial charge in [-0.3, -0.25) is 4.90 Å². The second-order valence-electron chi connectivity index (χ2n) is 4.83. The largest absolute Gasteiger partial charge is 0.304 e. The van der Waals surface area contributed by atoms with Crippen LogP contribution in [0.2, 0.25) is 0 Å². The standard InChI is InChI=1S/C12H24Cl2N2.2ClH/c1-15(2)12(10-14)11-6-4-3-5-8-16(11)9-7-13;;/h11-12H,3-10H2,1-2H3;2*1H. The van der Waals surface area contributed by atoms with E-state index < -0.39 is 0 Å². The van der Waals surface area contributed by atoms with Gasteiger partial charge in [0.1, 0.15) is 0 Å². The molecule has 0 aromatic carbocycles. The van der Waals surface area contributed by atoms with Crippen LogP contribution >= 0.6 is 48.0 Å². The van der Waals surface area contributed by atoms with E-state index >= 15 is 0 Å². The number of nitrogens with zero attached hydrogens (tertiary/aromatic N) is 2. The maximum atomic E-state index is 6.11. The predicted octanol–water partition coefficient (Wildman–Crippen LogP) is 3.48. The van der Waals surface area contributed by atoms with Crippen LogP contribution < -0.4 is 0 Å². The quantitative estimate of drug-likeness (QED) is 0.707.